The topological polar surface area (TPSA) is 77.1 Å². The number of likely N-dealkylation sites (N-methyl/N-ethyl adjacent to an activating group) is 1. The molecule has 0 aliphatic rings. The van der Waals surface area contributed by atoms with Crippen LogP contribution >= 0.6 is 22.6 Å². The Labute approximate surface area is 173 Å². The second kappa shape index (κ2) is 9.47. The van der Waals surface area contributed by atoms with Crippen LogP contribution in [0.15, 0.2) is 41.3 Å². The van der Waals surface area contributed by atoms with Crippen LogP contribution in [0.3, 0.4) is 0 Å². The maximum Gasteiger partial charge on any atom is 0.265 e. The largest absolute Gasteiger partial charge is 0.497 e. The van der Waals surface area contributed by atoms with Crippen molar-refractivity contribution in [3.05, 3.63) is 40.0 Å². The standard InChI is InChI=1S/C18H23IN2O5S/c1-21(2)9-10-26-17-11-13(5-7-15(17)19)20-27(22,23)18-12-14(24-3)6-8-16(18)25-4/h5-8,11-12,20H,9-10H2,1-4H3. The lowest BCUT2D eigenvalue weighted by Crippen LogP contribution is -2.19. The molecule has 0 fully saturated rings. The van der Waals surface area contributed by atoms with Crippen molar-refractivity contribution in [3.63, 3.8) is 0 Å². The number of sulfonamides is 1. The first kappa shape index (κ1) is 21.6. The predicted octanol–water partition coefficient (Wildman–Crippen LogP) is 3.05. The number of halogens is 1. The van der Waals surface area contributed by atoms with E-state index in [2.05, 4.69) is 27.3 Å². The Bertz CT molecular complexity index is 887. The number of ether oxygens (including phenoxy) is 3. The molecule has 148 valence electrons. The summed E-state index contributed by atoms with van der Waals surface area (Å²) in [4.78, 5) is 2.01. The summed E-state index contributed by atoms with van der Waals surface area (Å²) in [6.07, 6.45) is 0. The number of nitrogens with one attached hydrogen (secondary N) is 1. The van der Waals surface area contributed by atoms with Gasteiger partial charge < -0.3 is 19.1 Å². The first-order valence-corrected chi connectivity index (χ1v) is 10.6. The molecule has 0 heterocycles. The van der Waals surface area contributed by atoms with Crippen LogP contribution in [0.25, 0.3) is 0 Å². The van der Waals surface area contributed by atoms with Gasteiger partial charge in [-0.2, -0.15) is 0 Å². The minimum Gasteiger partial charge on any atom is -0.497 e. The predicted molar refractivity (Wildman–Crippen MR) is 114 cm³/mol. The first-order valence-electron chi connectivity index (χ1n) is 8.08. The van der Waals surface area contributed by atoms with E-state index in [9.17, 15) is 8.42 Å². The number of rotatable bonds is 9. The first-order chi connectivity index (χ1) is 12.8. The Balaban J connectivity index is 2.27. The van der Waals surface area contributed by atoms with E-state index in [1.54, 1.807) is 30.3 Å². The van der Waals surface area contributed by atoms with E-state index in [0.717, 1.165) is 10.1 Å². The molecule has 0 aliphatic carbocycles. The lowest BCUT2D eigenvalue weighted by Gasteiger charge is -2.15. The number of methoxy groups -OCH3 is 2. The number of benzene rings is 2. The summed E-state index contributed by atoms with van der Waals surface area (Å²) in [6.45, 7) is 1.26. The fourth-order valence-electron chi connectivity index (χ4n) is 2.22. The van der Waals surface area contributed by atoms with Gasteiger partial charge in [0.05, 0.1) is 23.5 Å². The molecule has 9 heteroatoms. The maximum absolute atomic E-state index is 12.9. The molecule has 2 aromatic carbocycles. The van der Waals surface area contributed by atoms with Gasteiger partial charge >= 0.3 is 0 Å². The highest BCUT2D eigenvalue weighted by molar-refractivity contribution is 14.1. The van der Waals surface area contributed by atoms with Crippen LogP contribution in [0.2, 0.25) is 0 Å². The van der Waals surface area contributed by atoms with E-state index < -0.39 is 10.0 Å². The fourth-order valence-corrected chi connectivity index (χ4v) is 3.95. The van der Waals surface area contributed by atoms with Crippen molar-refractivity contribution in [2.75, 3.05) is 46.2 Å². The van der Waals surface area contributed by atoms with Crippen LogP contribution in [0, 0.1) is 3.57 Å². The second-order valence-electron chi connectivity index (χ2n) is 5.92. The zero-order valence-electron chi connectivity index (χ0n) is 15.7. The minimum atomic E-state index is -3.87. The molecule has 0 radical (unpaired) electrons. The van der Waals surface area contributed by atoms with Crippen LogP contribution in [-0.2, 0) is 10.0 Å². The van der Waals surface area contributed by atoms with E-state index in [0.29, 0.717) is 23.8 Å². The number of anilines is 1. The highest BCUT2D eigenvalue weighted by Gasteiger charge is 2.21. The third kappa shape index (κ3) is 5.88. The average molecular weight is 506 g/mol. The number of hydrogen-bond donors (Lipinski definition) is 1. The molecular weight excluding hydrogens is 483 g/mol. The highest BCUT2D eigenvalue weighted by Crippen LogP contribution is 2.31. The van der Waals surface area contributed by atoms with E-state index in [1.165, 1.54) is 20.3 Å². The van der Waals surface area contributed by atoms with Gasteiger partial charge in [-0.05, 0) is 61.0 Å². The number of nitrogens with zero attached hydrogens (tertiary/aromatic N) is 1. The van der Waals surface area contributed by atoms with Gasteiger partial charge in [-0.1, -0.05) is 0 Å². The molecule has 0 amide bonds. The average Bonchev–Trinajstić information content (AvgIpc) is 2.63. The van der Waals surface area contributed by atoms with Gasteiger partial charge in [0.25, 0.3) is 10.0 Å². The normalized spacial score (nSPS) is 11.3. The van der Waals surface area contributed by atoms with Gasteiger partial charge in [-0.3, -0.25) is 4.72 Å². The molecule has 27 heavy (non-hydrogen) atoms. The molecule has 0 bridgehead atoms. The summed E-state index contributed by atoms with van der Waals surface area (Å²) >= 11 is 2.15. The molecular formula is C18H23IN2O5S. The maximum atomic E-state index is 12.9. The summed E-state index contributed by atoms with van der Waals surface area (Å²) in [7, 11) is 2.94. The van der Waals surface area contributed by atoms with Gasteiger partial charge in [-0.25, -0.2) is 8.42 Å². The quantitative estimate of drug-likeness (QED) is 0.527. The molecule has 7 nitrogen and oxygen atoms in total. The van der Waals surface area contributed by atoms with Crippen molar-refractivity contribution in [2.45, 2.75) is 4.90 Å². The van der Waals surface area contributed by atoms with Crippen LogP contribution < -0.4 is 18.9 Å². The molecule has 0 atom stereocenters. The van der Waals surface area contributed by atoms with E-state index in [4.69, 9.17) is 14.2 Å². The van der Waals surface area contributed by atoms with E-state index >= 15 is 0 Å². The molecule has 0 saturated carbocycles. The zero-order chi connectivity index (χ0) is 20.0. The monoisotopic (exact) mass is 506 g/mol. The zero-order valence-corrected chi connectivity index (χ0v) is 18.6. The van der Waals surface area contributed by atoms with E-state index in [-0.39, 0.29) is 10.6 Å². The van der Waals surface area contributed by atoms with Crippen LogP contribution in [0.5, 0.6) is 17.2 Å². The van der Waals surface area contributed by atoms with Gasteiger partial charge in [-0.15, -0.1) is 0 Å². The van der Waals surface area contributed by atoms with Crippen LogP contribution in [0.4, 0.5) is 5.69 Å². The van der Waals surface area contributed by atoms with E-state index in [1.807, 2.05) is 19.0 Å². The SMILES string of the molecule is COc1ccc(OC)c(S(=O)(=O)Nc2ccc(I)c(OCCN(C)C)c2)c1. The summed E-state index contributed by atoms with van der Waals surface area (Å²) in [6, 6.07) is 9.76. The van der Waals surface area contributed by atoms with Gasteiger partial charge in [0.15, 0.2) is 0 Å². The molecule has 0 saturated heterocycles. The third-order valence-electron chi connectivity index (χ3n) is 3.64. The van der Waals surface area contributed by atoms with Crippen molar-refractivity contribution in [3.8, 4) is 17.2 Å². The Hall–Kier alpha value is -1.72. The summed E-state index contributed by atoms with van der Waals surface area (Å²) in [5.41, 5.74) is 0.403. The van der Waals surface area contributed by atoms with Gasteiger partial charge in [0.2, 0.25) is 0 Å². The Morgan fingerprint density at radius 3 is 2.41 bits per heavy atom. The lowest BCUT2D eigenvalue weighted by atomic mass is 10.3. The van der Waals surface area contributed by atoms with Crippen molar-refractivity contribution in [2.24, 2.45) is 0 Å². The summed E-state index contributed by atoms with van der Waals surface area (Å²) in [5.74, 6) is 1.28. The third-order valence-corrected chi connectivity index (χ3v) is 5.93. The molecule has 1 N–H and O–H groups in total. The summed E-state index contributed by atoms with van der Waals surface area (Å²) < 4.78 is 45.2. The molecule has 0 aliphatic heterocycles. The Morgan fingerprint density at radius 1 is 1.04 bits per heavy atom. The molecule has 0 spiro atoms. The summed E-state index contributed by atoms with van der Waals surface area (Å²) in [5, 5.41) is 0. The van der Waals surface area contributed by atoms with Gasteiger partial charge in [0, 0.05) is 18.7 Å². The Morgan fingerprint density at radius 2 is 1.78 bits per heavy atom. The molecule has 0 aromatic heterocycles. The van der Waals surface area contributed by atoms with Crippen molar-refractivity contribution in [1.29, 1.82) is 0 Å². The van der Waals surface area contributed by atoms with Gasteiger partial charge in [0.1, 0.15) is 28.8 Å². The molecule has 0 unspecified atom stereocenters. The number of hydrogen-bond acceptors (Lipinski definition) is 6. The van der Waals surface area contributed by atoms with Crippen molar-refractivity contribution >= 4 is 38.3 Å². The van der Waals surface area contributed by atoms with Crippen LogP contribution in [-0.4, -0.2) is 54.8 Å². The smallest absolute Gasteiger partial charge is 0.265 e. The Kier molecular flexibility index (Phi) is 7.57. The van der Waals surface area contributed by atoms with Crippen LogP contribution in [0.1, 0.15) is 0 Å². The molecule has 2 aromatic rings. The lowest BCUT2D eigenvalue weighted by molar-refractivity contribution is 0.260. The fraction of sp³-hybridized carbons (Fsp3) is 0.333. The van der Waals surface area contributed by atoms with Crippen molar-refractivity contribution < 1.29 is 22.6 Å². The minimum absolute atomic E-state index is 0.00187. The second-order valence-corrected chi connectivity index (χ2v) is 8.73. The molecule has 2 rings (SSSR count). The van der Waals surface area contributed by atoms with Crippen molar-refractivity contribution in [1.82, 2.24) is 4.90 Å². The highest BCUT2D eigenvalue weighted by atomic mass is 127.